The molecule has 1 atom stereocenters. The Bertz CT molecular complexity index is 1360. The number of benzene rings is 3. The number of hydrogen-bond donors (Lipinski definition) is 1. The average Bonchev–Trinajstić information content (AvgIpc) is 2.87. The van der Waals surface area contributed by atoms with Crippen molar-refractivity contribution in [3.05, 3.63) is 92.9 Å². The average molecular weight is 583 g/mol. The first-order valence-corrected chi connectivity index (χ1v) is 13.8. The molecule has 0 aliphatic rings. The standard InChI is InChI=1S/C26H26Cl3N3O4S/c1-17-7-11-20(12-8-17)32(37(35,36)21-13-9-19(27)10-14-21)16-25(33)31(18(2)26(34)30-3)15-22-23(28)5-4-6-24(22)29/h4-14,18H,15-16H2,1-3H3,(H,30,34). The highest BCUT2D eigenvalue weighted by molar-refractivity contribution is 7.92. The summed E-state index contributed by atoms with van der Waals surface area (Å²) in [5.41, 5.74) is 1.65. The van der Waals surface area contributed by atoms with Gasteiger partial charge in [-0.05, 0) is 62.4 Å². The van der Waals surface area contributed by atoms with Crippen LogP contribution in [-0.2, 0) is 26.2 Å². The van der Waals surface area contributed by atoms with Crippen LogP contribution in [0.4, 0.5) is 5.69 Å². The predicted molar refractivity (Wildman–Crippen MR) is 148 cm³/mol. The van der Waals surface area contributed by atoms with Crippen molar-refractivity contribution in [2.75, 3.05) is 17.9 Å². The normalized spacial score (nSPS) is 12.1. The largest absolute Gasteiger partial charge is 0.357 e. The molecular formula is C26H26Cl3N3O4S. The number of likely N-dealkylation sites (N-methyl/N-ethyl adjacent to an activating group) is 1. The Labute approximate surface area is 232 Å². The van der Waals surface area contributed by atoms with Gasteiger partial charge in [0, 0.05) is 34.2 Å². The molecular weight excluding hydrogens is 557 g/mol. The van der Waals surface area contributed by atoms with Crippen LogP contribution in [0.1, 0.15) is 18.1 Å². The van der Waals surface area contributed by atoms with E-state index in [1.165, 1.54) is 36.2 Å². The number of amides is 2. The molecule has 0 saturated carbocycles. The molecule has 37 heavy (non-hydrogen) atoms. The summed E-state index contributed by atoms with van der Waals surface area (Å²) < 4.78 is 28.4. The number of nitrogens with one attached hydrogen (secondary N) is 1. The fourth-order valence-electron chi connectivity index (χ4n) is 3.62. The van der Waals surface area contributed by atoms with Crippen molar-refractivity contribution in [2.45, 2.75) is 31.3 Å². The van der Waals surface area contributed by atoms with Gasteiger partial charge in [-0.25, -0.2) is 8.42 Å². The third-order valence-corrected chi connectivity index (χ3v) is 8.55. The fraction of sp³-hybridized carbons (Fsp3) is 0.231. The molecule has 0 fully saturated rings. The van der Waals surface area contributed by atoms with Gasteiger partial charge in [-0.15, -0.1) is 0 Å². The van der Waals surface area contributed by atoms with Crippen LogP contribution < -0.4 is 9.62 Å². The van der Waals surface area contributed by atoms with Crippen LogP contribution in [0.15, 0.2) is 71.6 Å². The Morgan fingerprint density at radius 1 is 0.919 bits per heavy atom. The van der Waals surface area contributed by atoms with E-state index in [1.807, 2.05) is 6.92 Å². The Balaban J connectivity index is 2.06. The van der Waals surface area contributed by atoms with Crippen LogP contribution in [0.3, 0.4) is 0 Å². The number of anilines is 1. The first-order valence-electron chi connectivity index (χ1n) is 11.2. The summed E-state index contributed by atoms with van der Waals surface area (Å²) in [6.45, 7) is 2.74. The Morgan fingerprint density at radius 3 is 2.03 bits per heavy atom. The van der Waals surface area contributed by atoms with E-state index >= 15 is 0 Å². The fourth-order valence-corrected chi connectivity index (χ4v) is 5.68. The van der Waals surface area contributed by atoms with Crippen molar-refractivity contribution in [2.24, 2.45) is 0 Å². The topological polar surface area (TPSA) is 86.8 Å². The first-order chi connectivity index (χ1) is 17.4. The van der Waals surface area contributed by atoms with Crippen molar-refractivity contribution < 1.29 is 18.0 Å². The molecule has 0 spiro atoms. The molecule has 3 aromatic carbocycles. The summed E-state index contributed by atoms with van der Waals surface area (Å²) in [5, 5.41) is 3.53. The van der Waals surface area contributed by atoms with Gasteiger partial charge in [0.1, 0.15) is 12.6 Å². The van der Waals surface area contributed by atoms with Gasteiger partial charge in [-0.1, -0.05) is 58.6 Å². The number of hydrogen-bond acceptors (Lipinski definition) is 4. The van der Waals surface area contributed by atoms with E-state index in [1.54, 1.807) is 49.4 Å². The lowest BCUT2D eigenvalue weighted by atomic mass is 10.1. The van der Waals surface area contributed by atoms with Crippen molar-refractivity contribution in [1.82, 2.24) is 10.2 Å². The Morgan fingerprint density at radius 2 is 1.49 bits per heavy atom. The first kappa shape index (κ1) is 28.8. The second-order valence-electron chi connectivity index (χ2n) is 8.31. The van der Waals surface area contributed by atoms with Crippen molar-refractivity contribution in [3.8, 4) is 0 Å². The van der Waals surface area contributed by atoms with Crippen LogP contribution in [0, 0.1) is 6.92 Å². The number of carbonyl (C=O) groups excluding carboxylic acids is 2. The molecule has 0 saturated heterocycles. The molecule has 3 rings (SSSR count). The number of aryl methyl sites for hydroxylation is 1. The summed E-state index contributed by atoms with van der Waals surface area (Å²) in [4.78, 5) is 27.5. The van der Waals surface area contributed by atoms with E-state index in [0.29, 0.717) is 20.6 Å². The number of rotatable bonds is 9. The van der Waals surface area contributed by atoms with Crippen molar-refractivity contribution >= 4 is 62.3 Å². The maximum absolute atomic E-state index is 13.7. The van der Waals surface area contributed by atoms with E-state index in [2.05, 4.69) is 5.32 Å². The molecule has 0 heterocycles. The molecule has 196 valence electrons. The molecule has 0 aliphatic carbocycles. The van der Waals surface area contributed by atoms with E-state index in [-0.39, 0.29) is 17.1 Å². The number of carbonyl (C=O) groups is 2. The molecule has 2 amide bonds. The molecule has 3 aromatic rings. The van der Waals surface area contributed by atoms with Crippen LogP contribution in [0.5, 0.6) is 0 Å². The molecule has 0 aromatic heterocycles. The quantitative estimate of drug-likeness (QED) is 0.370. The van der Waals surface area contributed by atoms with Crippen molar-refractivity contribution in [1.29, 1.82) is 0 Å². The number of halogens is 3. The minimum absolute atomic E-state index is 0.0367. The third kappa shape index (κ3) is 6.76. The monoisotopic (exact) mass is 581 g/mol. The van der Waals surface area contributed by atoms with Gasteiger partial charge in [0.05, 0.1) is 10.6 Å². The zero-order valence-electron chi connectivity index (χ0n) is 20.4. The summed E-state index contributed by atoms with van der Waals surface area (Å²) in [7, 11) is -2.73. The molecule has 7 nitrogen and oxygen atoms in total. The minimum atomic E-state index is -4.18. The second-order valence-corrected chi connectivity index (χ2v) is 11.4. The highest BCUT2D eigenvalue weighted by atomic mass is 35.5. The lowest BCUT2D eigenvalue weighted by Crippen LogP contribution is -2.50. The number of nitrogens with zero attached hydrogens (tertiary/aromatic N) is 2. The molecule has 0 bridgehead atoms. The molecule has 1 N–H and O–H groups in total. The van der Waals surface area contributed by atoms with Crippen LogP contribution in [0.25, 0.3) is 0 Å². The highest BCUT2D eigenvalue weighted by Gasteiger charge is 2.32. The van der Waals surface area contributed by atoms with Gasteiger partial charge < -0.3 is 10.2 Å². The van der Waals surface area contributed by atoms with Crippen LogP contribution in [0.2, 0.25) is 15.1 Å². The Hall–Kier alpha value is -2.78. The molecule has 0 aliphatic heterocycles. The highest BCUT2D eigenvalue weighted by Crippen LogP contribution is 2.28. The molecule has 11 heteroatoms. The van der Waals surface area contributed by atoms with E-state index in [9.17, 15) is 18.0 Å². The van der Waals surface area contributed by atoms with Gasteiger partial charge >= 0.3 is 0 Å². The van der Waals surface area contributed by atoms with Gasteiger partial charge in [0.25, 0.3) is 10.0 Å². The van der Waals surface area contributed by atoms with Crippen molar-refractivity contribution in [3.63, 3.8) is 0 Å². The predicted octanol–water partition coefficient (Wildman–Crippen LogP) is 5.31. The Kier molecular flexibility index (Phi) is 9.47. The maximum atomic E-state index is 13.7. The molecule has 0 radical (unpaired) electrons. The van der Waals surface area contributed by atoms with E-state index in [0.717, 1.165) is 9.87 Å². The SMILES string of the molecule is CNC(=O)C(C)N(Cc1c(Cl)cccc1Cl)C(=O)CN(c1ccc(C)cc1)S(=O)(=O)c1ccc(Cl)cc1. The lowest BCUT2D eigenvalue weighted by Gasteiger charge is -2.32. The van der Waals surface area contributed by atoms with Crippen LogP contribution in [-0.4, -0.2) is 44.8 Å². The number of sulfonamides is 1. The summed E-state index contributed by atoms with van der Waals surface area (Å²) >= 11 is 18.6. The summed E-state index contributed by atoms with van der Waals surface area (Å²) in [6, 6.07) is 16.4. The van der Waals surface area contributed by atoms with Gasteiger partial charge in [-0.3, -0.25) is 13.9 Å². The van der Waals surface area contributed by atoms with E-state index < -0.39 is 34.4 Å². The maximum Gasteiger partial charge on any atom is 0.264 e. The summed E-state index contributed by atoms with van der Waals surface area (Å²) in [6.07, 6.45) is 0. The second kappa shape index (κ2) is 12.2. The van der Waals surface area contributed by atoms with Gasteiger partial charge in [-0.2, -0.15) is 0 Å². The smallest absolute Gasteiger partial charge is 0.264 e. The van der Waals surface area contributed by atoms with E-state index in [4.69, 9.17) is 34.8 Å². The van der Waals surface area contributed by atoms with Gasteiger partial charge in [0.15, 0.2) is 0 Å². The van der Waals surface area contributed by atoms with Gasteiger partial charge in [0.2, 0.25) is 11.8 Å². The minimum Gasteiger partial charge on any atom is -0.357 e. The lowest BCUT2D eigenvalue weighted by molar-refractivity contribution is -0.139. The zero-order chi connectivity index (χ0) is 27.3. The molecule has 1 unspecified atom stereocenters. The zero-order valence-corrected chi connectivity index (χ0v) is 23.5. The third-order valence-electron chi connectivity index (χ3n) is 5.81. The van der Waals surface area contributed by atoms with Crippen LogP contribution >= 0.6 is 34.8 Å². The summed E-state index contributed by atoms with van der Waals surface area (Å²) in [5.74, 6) is -1.05.